The van der Waals surface area contributed by atoms with E-state index in [1.807, 2.05) is 26.1 Å². The van der Waals surface area contributed by atoms with E-state index >= 15 is 0 Å². The van der Waals surface area contributed by atoms with Gasteiger partial charge < -0.3 is 20.1 Å². The fraction of sp³-hybridized carbons (Fsp3) is 0.321. The van der Waals surface area contributed by atoms with Crippen LogP contribution in [0, 0.1) is 6.92 Å². The number of benzene rings is 2. The Balaban J connectivity index is 1.68. The number of aryl methyl sites for hydroxylation is 1. The molecular formula is C28H27ClF3N5O3. The number of nitrogens with zero attached hydrogens (tertiary/aromatic N) is 4. The molecule has 3 heterocycles. The Morgan fingerprint density at radius 2 is 2.00 bits per heavy atom. The van der Waals surface area contributed by atoms with Crippen molar-refractivity contribution in [2.45, 2.75) is 38.7 Å². The number of likely N-dealkylation sites (N-methyl/N-ethyl adjacent to an activating group) is 1. The number of aromatic nitrogens is 3. The zero-order valence-corrected chi connectivity index (χ0v) is 22.6. The number of aromatic hydroxyl groups is 1. The molecule has 1 atom stereocenters. The number of phenols is 1. The van der Waals surface area contributed by atoms with Crippen LogP contribution in [0.15, 0.2) is 53.7 Å². The molecule has 0 radical (unpaired) electrons. The van der Waals surface area contributed by atoms with Gasteiger partial charge in [0.2, 0.25) is 0 Å². The van der Waals surface area contributed by atoms with Crippen molar-refractivity contribution in [2.24, 2.45) is 0 Å². The highest BCUT2D eigenvalue weighted by Gasteiger charge is 2.31. The number of halogens is 4. The molecule has 0 bridgehead atoms. The molecule has 1 aliphatic rings. The number of alkyl halides is 3. The molecular weight excluding hydrogens is 547 g/mol. The summed E-state index contributed by atoms with van der Waals surface area (Å²) in [7, 11) is 1.96. The molecule has 2 aromatic heterocycles. The molecule has 0 unspecified atom stereocenters. The number of hydrogen-bond acceptors (Lipinski definition) is 7. The standard InChI is InChI=1S/C28H27ClF3N5O3/c1-16-6-17(8-18(29)7-16)23-12-34-26-25(24(23)14-36(2)13-19-4-3-5-33-19)27(39)37(15-35-26)20-9-21(38)11-22(10-20)40-28(30,31)32/h6-12,15,19,33,38H,3-5,13-14H2,1-2H3/t19-/m0/s1. The highest BCUT2D eigenvalue weighted by atomic mass is 35.5. The van der Waals surface area contributed by atoms with E-state index in [4.69, 9.17) is 11.6 Å². The summed E-state index contributed by atoms with van der Waals surface area (Å²) in [4.78, 5) is 24.9. The second-order valence-electron chi connectivity index (χ2n) is 10.0. The maximum Gasteiger partial charge on any atom is 0.573 e. The van der Waals surface area contributed by atoms with Gasteiger partial charge in [-0.15, -0.1) is 13.2 Å². The monoisotopic (exact) mass is 573 g/mol. The van der Waals surface area contributed by atoms with Gasteiger partial charge in [-0.05, 0) is 62.2 Å². The zero-order valence-electron chi connectivity index (χ0n) is 21.8. The van der Waals surface area contributed by atoms with Gasteiger partial charge in [-0.1, -0.05) is 17.7 Å². The Morgan fingerprint density at radius 3 is 2.70 bits per heavy atom. The molecule has 0 spiro atoms. The average Bonchev–Trinajstić information content (AvgIpc) is 3.35. The van der Waals surface area contributed by atoms with Crippen molar-refractivity contribution < 1.29 is 23.0 Å². The summed E-state index contributed by atoms with van der Waals surface area (Å²) in [6, 6.07) is 8.88. The summed E-state index contributed by atoms with van der Waals surface area (Å²) < 4.78 is 43.6. The van der Waals surface area contributed by atoms with Gasteiger partial charge in [0, 0.05) is 54.1 Å². The van der Waals surface area contributed by atoms with E-state index < -0.39 is 23.4 Å². The predicted molar refractivity (Wildman–Crippen MR) is 146 cm³/mol. The van der Waals surface area contributed by atoms with E-state index in [0.29, 0.717) is 28.7 Å². The molecule has 2 aromatic carbocycles. The zero-order chi connectivity index (χ0) is 28.6. The minimum Gasteiger partial charge on any atom is -0.508 e. The molecule has 4 aromatic rings. The summed E-state index contributed by atoms with van der Waals surface area (Å²) in [5.41, 5.74) is 2.65. The molecule has 0 amide bonds. The van der Waals surface area contributed by atoms with Gasteiger partial charge in [-0.3, -0.25) is 9.36 Å². The molecule has 8 nitrogen and oxygen atoms in total. The Labute approximate surface area is 233 Å². The van der Waals surface area contributed by atoms with Crippen molar-refractivity contribution in [3.8, 4) is 28.3 Å². The smallest absolute Gasteiger partial charge is 0.508 e. The molecule has 2 N–H and O–H groups in total. The summed E-state index contributed by atoms with van der Waals surface area (Å²) in [6.45, 7) is 4.00. The number of phenolic OH excluding ortho intramolecular Hbond substituents is 1. The van der Waals surface area contributed by atoms with Gasteiger partial charge in [-0.25, -0.2) is 9.97 Å². The first kappa shape index (κ1) is 27.9. The van der Waals surface area contributed by atoms with Crippen molar-refractivity contribution in [1.82, 2.24) is 24.8 Å². The van der Waals surface area contributed by atoms with Crippen molar-refractivity contribution in [1.29, 1.82) is 0 Å². The third-order valence-electron chi connectivity index (χ3n) is 6.76. The van der Waals surface area contributed by atoms with Crippen LogP contribution in [0.5, 0.6) is 11.5 Å². The van der Waals surface area contributed by atoms with Gasteiger partial charge in [-0.2, -0.15) is 0 Å². The van der Waals surface area contributed by atoms with Gasteiger partial charge >= 0.3 is 6.36 Å². The van der Waals surface area contributed by atoms with Crippen molar-refractivity contribution in [2.75, 3.05) is 20.1 Å². The molecule has 210 valence electrons. The summed E-state index contributed by atoms with van der Waals surface area (Å²) in [5.74, 6) is -1.17. The van der Waals surface area contributed by atoms with Gasteiger partial charge in [0.1, 0.15) is 17.8 Å². The quantitative estimate of drug-likeness (QED) is 0.314. The number of nitrogens with one attached hydrogen (secondary N) is 1. The van der Waals surface area contributed by atoms with E-state index in [1.54, 1.807) is 12.3 Å². The van der Waals surface area contributed by atoms with Crippen molar-refractivity contribution in [3.05, 3.63) is 75.4 Å². The Kier molecular flexibility index (Phi) is 7.72. The first-order chi connectivity index (χ1) is 19.0. The number of hydrogen-bond donors (Lipinski definition) is 2. The number of ether oxygens (including phenoxy) is 1. The van der Waals surface area contributed by atoms with Crippen LogP contribution in [0.2, 0.25) is 5.02 Å². The minimum atomic E-state index is -4.97. The number of pyridine rings is 1. The Bertz CT molecular complexity index is 1600. The highest BCUT2D eigenvalue weighted by molar-refractivity contribution is 6.31. The van der Waals surface area contributed by atoms with Gasteiger partial charge in [0.15, 0.2) is 5.65 Å². The van der Waals surface area contributed by atoms with Crippen LogP contribution in [0.1, 0.15) is 24.0 Å². The lowest BCUT2D eigenvalue weighted by molar-refractivity contribution is -0.274. The van der Waals surface area contributed by atoms with Crippen LogP contribution in [-0.2, 0) is 6.54 Å². The molecule has 40 heavy (non-hydrogen) atoms. The van der Waals surface area contributed by atoms with Crippen LogP contribution >= 0.6 is 11.6 Å². The van der Waals surface area contributed by atoms with E-state index in [9.17, 15) is 23.1 Å². The summed E-state index contributed by atoms with van der Waals surface area (Å²) in [5, 5.41) is 14.3. The topological polar surface area (TPSA) is 92.5 Å². The highest BCUT2D eigenvalue weighted by Crippen LogP contribution is 2.32. The summed E-state index contributed by atoms with van der Waals surface area (Å²) in [6.07, 6.45) is 0.00355. The van der Waals surface area contributed by atoms with E-state index in [2.05, 4.69) is 24.9 Å². The lowest BCUT2D eigenvalue weighted by Crippen LogP contribution is -2.35. The van der Waals surface area contributed by atoms with Gasteiger partial charge in [0.25, 0.3) is 5.56 Å². The Hall–Kier alpha value is -3.67. The van der Waals surface area contributed by atoms with E-state index in [-0.39, 0.29) is 16.7 Å². The first-order valence-corrected chi connectivity index (χ1v) is 13.0. The fourth-order valence-electron chi connectivity index (χ4n) is 5.16. The minimum absolute atomic E-state index is 0.0443. The van der Waals surface area contributed by atoms with Crippen LogP contribution in [0.25, 0.3) is 27.8 Å². The molecule has 0 aliphatic carbocycles. The lowest BCUT2D eigenvalue weighted by atomic mass is 9.97. The fourth-order valence-corrected chi connectivity index (χ4v) is 5.45. The first-order valence-electron chi connectivity index (χ1n) is 12.7. The second kappa shape index (κ2) is 11.1. The molecule has 5 rings (SSSR count). The summed E-state index contributed by atoms with van der Waals surface area (Å²) >= 11 is 6.37. The lowest BCUT2D eigenvalue weighted by Gasteiger charge is -2.23. The SMILES string of the molecule is Cc1cc(Cl)cc(-c2cnc3ncn(-c4cc(O)cc(OC(F)(F)F)c4)c(=O)c3c2CN(C)C[C@@H]2CCCN2)c1. The maximum atomic E-state index is 14.0. The average molecular weight is 574 g/mol. The predicted octanol–water partition coefficient (Wildman–Crippen LogP) is 5.20. The number of rotatable bonds is 7. The van der Waals surface area contributed by atoms with Crippen LogP contribution < -0.4 is 15.6 Å². The molecule has 1 saturated heterocycles. The molecule has 1 fully saturated rings. The van der Waals surface area contributed by atoms with Crippen LogP contribution in [-0.4, -0.2) is 57.1 Å². The third-order valence-corrected chi connectivity index (χ3v) is 6.98. The van der Waals surface area contributed by atoms with Gasteiger partial charge in [0.05, 0.1) is 11.1 Å². The molecule has 1 aliphatic heterocycles. The maximum absolute atomic E-state index is 14.0. The van der Waals surface area contributed by atoms with E-state index in [0.717, 1.165) is 59.8 Å². The second-order valence-corrected chi connectivity index (χ2v) is 10.4. The Morgan fingerprint density at radius 1 is 1.20 bits per heavy atom. The van der Waals surface area contributed by atoms with Crippen LogP contribution in [0.4, 0.5) is 13.2 Å². The molecule has 0 saturated carbocycles. The number of fused-ring (bicyclic) bond motifs is 1. The molecule has 12 heteroatoms. The van der Waals surface area contributed by atoms with E-state index in [1.165, 1.54) is 6.33 Å². The van der Waals surface area contributed by atoms with Crippen molar-refractivity contribution in [3.63, 3.8) is 0 Å². The normalized spacial score (nSPS) is 15.7. The van der Waals surface area contributed by atoms with Crippen LogP contribution in [0.3, 0.4) is 0 Å². The third kappa shape index (κ3) is 6.22. The largest absolute Gasteiger partial charge is 0.573 e. The van der Waals surface area contributed by atoms with Crippen molar-refractivity contribution >= 4 is 22.6 Å².